The summed E-state index contributed by atoms with van der Waals surface area (Å²) >= 11 is 0. The molecular weight excluding hydrogens is 290 g/mol. The highest BCUT2D eigenvalue weighted by molar-refractivity contribution is 5.79. The van der Waals surface area contributed by atoms with Crippen molar-refractivity contribution < 1.29 is 14.7 Å². The zero-order valence-electron chi connectivity index (χ0n) is 11.9. The second kappa shape index (κ2) is 5.13. The minimum Gasteiger partial charge on any atom is -0.483 e. The molecular formula is C12H15N7O3. The lowest BCUT2D eigenvalue weighted by molar-refractivity contribution is -0.122. The molecule has 3 N–H and O–H groups in total. The summed E-state index contributed by atoms with van der Waals surface area (Å²) in [6, 6.07) is -0.0965. The molecule has 2 aromatic rings. The molecule has 2 saturated heterocycles. The van der Waals surface area contributed by atoms with Crippen LogP contribution in [-0.4, -0.2) is 62.3 Å². The number of nitrogens with one attached hydrogen (secondary N) is 2. The van der Waals surface area contributed by atoms with Crippen molar-refractivity contribution in [1.29, 1.82) is 0 Å². The van der Waals surface area contributed by atoms with Crippen molar-refractivity contribution in [3.8, 4) is 0 Å². The fourth-order valence-electron chi connectivity index (χ4n) is 2.65. The van der Waals surface area contributed by atoms with E-state index in [0.29, 0.717) is 18.1 Å². The first-order valence-electron chi connectivity index (χ1n) is 6.60. The zero-order chi connectivity index (χ0) is 15.7. The molecule has 1 spiro atoms. The van der Waals surface area contributed by atoms with Crippen LogP contribution < -0.4 is 15.5 Å². The lowest BCUT2D eigenvalue weighted by atomic mass is 9.91. The number of carbonyl (C=O) groups excluding carboxylic acids is 1. The Bertz CT molecular complexity index is 723. The molecule has 10 heteroatoms. The number of fused-ring (bicyclic) bond motifs is 1. The highest BCUT2D eigenvalue weighted by Crippen LogP contribution is 2.27. The molecule has 0 aromatic carbocycles. The van der Waals surface area contributed by atoms with Gasteiger partial charge in [-0.1, -0.05) is 0 Å². The summed E-state index contributed by atoms with van der Waals surface area (Å²) in [6.07, 6.45) is 3.50. The highest BCUT2D eigenvalue weighted by Gasteiger charge is 2.48. The molecule has 4 rings (SSSR count). The summed E-state index contributed by atoms with van der Waals surface area (Å²) in [4.78, 5) is 34.6. The van der Waals surface area contributed by atoms with Gasteiger partial charge < -0.3 is 25.2 Å². The largest absolute Gasteiger partial charge is 0.483 e. The normalized spacial score (nSPS) is 18.2. The van der Waals surface area contributed by atoms with E-state index in [-0.39, 0.29) is 18.0 Å². The van der Waals surface area contributed by atoms with Gasteiger partial charge in [0.1, 0.15) is 5.52 Å². The molecule has 0 bridgehead atoms. The van der Waals surface area contributed by atoms with Crippen LogP contribution in [0.5, 0.6) is 0 Å². The SMILES string of the molecule is Cn1cnc2nc(N3CC4(CNC(=O)N4)C3)ncc21.O=CO. The molecule has 2 aliphatic heterocycles. The third-order valence-corrected chi connectivity index (χ3v) is 3.71. The number of imidazole rings is 1. The third kappa shape index (κ3) is 2.28. The number of rotatable bonds is 1. The van der Waals surface area contributed by atoms with E-state index in [1.165, 1.54) is 0 Å². The minimum atomic E-state index is -0.250. The monoisotopic (exact) mass is 305 g/mol. The number of hydrogen-bond donors (Lipinski definition) is 3. The number of urea groups is 1. The fraction of sp³-hybridized carbons (Fsp3) is 0.417. The first kappa shape index (κ1) is 14.0. The van der Waals surface area contributed by atoms with Gasteiger partial charge in [-0.2, -0.15) is 4.98 Å². The number of carboxylic acid groups (broad SMARTS) is 1. The summed E-state index contributed by atoms with van der Waals surface area (Å²) in [7, 11) is 1.91. The molecule has 0 saturated carbocycles. The highest BCUT2D eigenvalue weighted by atomic mass is 16.3. The van der Waals surface area contributed by atoms with Gasteiger partial charge in [-0.05, 0) is 0 Å². The molecule has 2 fully saturated rings. The molecule has 0 unspecified atom stereocenters. The Kier molecular flexibility index (Phi) is 3.28. The topological polar surface area (TPSA) is 125 Å². The van der Waals surface area contributed by atoms with Crippen LogP contribution in [0.3, 0.4) is 0 Å². The van der Waals surface area contributed by atoms with Crippen LogP contribution in [0.15, 0.2) is 12.5 Å². The number of amides is 2. The van der Waals surface area contributed by atoms with Crippen molar-refractivity contribution in [2.75, 3.05) is 24.5 Å². The second-order valence-electron chi connectivity index (χ2n) is 5.28. The number of aromatic nitrogens is 4. The van der Waals surface area contributed by atoms with Crippen LogP contribution in [0, 0.1) is 0 Å². The van der Waals surface area contributed by atoms with E-state index < -0.39 is 0 Å². The average molecular weight is 305 g/mol. The van der Waals surface area contributed by atoms with Crippen molar-refractivity contribution in [3.63, 3.8) is 0 Å². The van der Waals surface area contributed by atoms with Gasteiger partial charge >= 0.3 is 6.03 Å². The lowest BCUT2D eigenvalue weighted by Gasteiger charge is -2.46. The Morgan fingerprint density at radius 1 is 1.41 bits per heavy atom. The van der Waals surface area contributed by atoms with E-state index in [1.54, 1.807) is 12.5 Å². The molecule has 22 heavy (non-hydrogen) atoms. The molecule has 0 aliphatic carbocycles. The van der Waals surface area contributed by atoms with Crippen molar-refractivity contribution in [2.45, 2.75) is 5.54 Å². The van der Waals surface area contributed by atoms with E-state index in [9.17, 15) is 4.79 Å². The summed E-state index contributed by atoms with van der Waals surface area (Å²) < 4.78 is 1.89. The van der Waals surface area contributed by atoms with Crippen LogP contribution >= 0.6 is 0 Å². The second-order valence-corrected chi connectivity index (χ2v) is 5.28. The average Bonchev–Trinajstić information content (AvgIpc) is 3.02. The van der Waals surface area contributed by atoms with Crippen LogP contribution in [0.25, 0.3) is 11.2 Å². The van der Waals surface area contributed by atoms with Gasteiger partial charge in [-0.3, -0.25) is 4.79 Å². The molecule has 116 valence electrons. The maximum Gasteiger partial charge on any atom is 0.315 e. The molecule has 0 atom stereocenters. The van der Waals surface area contributed by atoms with Crippen molar-refractivity contribution in [3.05, 3.63) is 12.5 Å². The zero-order valence-corrected chi connectivity index (χ0v) is 11.9. The standard InChI is InChI=1S/C11H13N7O.CH2O2/c1-17-6-14-8-7(17)2-12-9(15-8)18-4-11(5-18)3-13-10(19)16-11;2-1-3/h2,6H,3-5H2,1H3,(H2,13,16,19);1H,(H,2,3). The lowest BCUT2D eigenvalue weighted by Crippen LogP contribution is -2.69. The Balaban J connectivity index is 0.000000446. The summed E-state index contributed by atoms with van der Waals surface area (Å²) in [6.45, 7) is 1.86. The van der Waals surface area contributed by atoms with Crippen LogP contribution in [-0.2, 0) is 11.8 Å². The molecule has 2 aliphatic rings. The van der Waals surface area contributed by atoms with E-state index >= 15 is 0 Å². The summed E-state index contributed by atoms with van der Waals surface area (Å²) in [5.41, 5.74) is 1.45. The van der Waals surface area contributed by atoms with Crippen molar-refractivity contribution >= 4 is 29.6 Å². The van der Waals surface area contributed by atoms with E-state index in [1.807, 2.05) is 16.5 Å². The van der Waals surface area contributed by atoms with Gasteiger partial charge in [-0.25, -0.2) is 14.8 Å². The van der Waals surface area contributed by atoms with Crippen LogP contribution in [0.2, 0.25) is 0 Å². The third-order valence-electron chi connectivity index (χ3n) is 3.71. The number of anilines is 1. The smallest absolute Gasteiger partial charge is 0.315 e. The van der Waals surface area contributed by atoms with Gasteiger partial charge in [0.15, 0.2) is 5.65 Å². The van der Waals surface area contributed by atoms with Crippen LogP contribution in [0.1, 0.15) is 0 Å². The Hall–Kier alpha value is -2.91. The molecule has 2 aromatic heterocycles. The van der Waals surface area contributed by atoms with E-state index in [0.717, 1.165) is 18.6 Å². The predicted molar refractivity (Wildman–Crippen MR) is 76.5 cm³/mol. The summed E-state index contributed by atoms with van der Waals surface area (Å²) in [5, 5.41) is 12.6. The molecule has 2 amide bonds. The van der Waals surface area contributed by atoms with Gasteiger partial charge in [0.05, 0.1) is 18.1 Å². The van der Waals surface area contributed by atoms with Crippen molar-refractivity contribution in [2.24, 2.45) is 7.05 Å². The predicted octanol–water partition coefficient (Wildman–Crippen LogP) is -1.06. The van der Waals surface area contributed by atoms with Gasteiger partial charge in [0.25, 0.3) is 6.47 Å². The van der Waals surface area contributed by atoms with Crippen LogP contribution in [0.4, 0.5) is 10.7 Å². The maximum atomic E-state index is 11.2. The maximum absolute atomic E-state index is 11.2. The number of carbonyl (C=O) groups is 2. The van der Waals surface area contributed by atoms with E-state index in [4.69, 9.17) is 9.90 Å². The molecule has 0 radical (unpaired) electrons. The number of hydrogen-bond acceptors (Lipinski definition) is 6. The first-order valence-corrected chi connectivity index (χ1v) is 6.60. The quantitative estimate of drug-likeness (QED) is 0.573. The Labute approximate surface area is 125 Å². The number of aryl methyl sites for hydroxylation is 1. The molecule has 4 heterocycles. The Morgan fingerprint density at radius 3 is 2.77 bits per heavy atom. The summed E-state index contributed by atoms with van der Waals surface area (Å²) in [5.74, 6) is 0.665. The van der Waals surface area contributed by atoms with E-state index in [2.05, 4.69) is 25.6 Å². The van der Waals surface area contributed by atoms with Gasteiger partial charge in [0, 0.05) is 26.7 Å². The van der Waals surface area contributed by atoms with Gasteiger partial charge in [0.2, 0.25) is 5.95 Å². The first-order chi connectivity index (χ1) is 10.6. The molecule has 10 nitrogen and oxygen atoms in total. The minimum absolute atomic E-state index is 0.0965. The van der Waals surface area contributed by atoms with Gasteiger partial charge in [-0.15, -0.1) is 0 Å². The Morgan fingerprint density at radius 2 is 2.14 bits per heavy atom. The fourth-order valence-corrected chi connectivity index (χ4v) is 2.65. The van der Waals surface area contributed by atoms with Crippen molar-refractivity contribution in [1.82, 2.24) is 30.2 Å². The number of nitrogens with zero attached hydrogens (tertiary/aromatic N) is 5.